The first-order valence-electron chi connectivity index (χ1n) is 8.94. The topological polar surface area (TPSA) is 62.3 Å². The van der Waals surface area contributed by atoms with E-state index in [4.69, 9.17) is 0 Å². The van der Waals surface area contributed by atoms with Gasteiger partial charge < -0.3 is 10.2 Å². The van der Waals surface area contributed by atoms with Gasteiger partial charge in [0.2, 0.25) is 11.8 Å². The Labute approximate surface area is 153 Å². The molecule has 5 heteroatoms. The molecule has 1 unspecified atom stereocenters. The Morgan fingerprint density at radius 3 is 2.58 bits per heavy atom. The van der Waals surface area contributed by atoms with E-state index in [0.29, 0.717) is 6.42 Å². The van der Waals surface area contributed by atoms with E-state index in [1.807, 2.05) is 47.4 Å². The molecule has 1 aromatic heterocycles. The van der Waals surface area contributed by atoms with Gasteiger partial charge >= 0.3 is 0 Å². The summed E-state index contributed by atoms with van der Waals surface area (Å²) in [4.78, 5) is 31.0. The molecule has 3 rings (SSSR count). The van der Waals surface area contributed by atoms with Gasteiger partial charge in [-0.2, -0.15) is 0 Å². The van der Waals surface area contributed by atoms with Crippen molar-refractivity contribution in [1.29, 1.82) is 0 Å². The molecule has 0 radical (unpaired) electrons. The molecule has 2 aromatic rings. The van der Waals surface area contributed by atoms with Crippen LogP contribution >= 0.6 is 0 Å². The van der Waals surface area contributed by atoms with Crippen LogP contribution in [0.3, 0.4) is 0 Å². The number of likely N-dealkylation sites (tertiary alicyclic amines) is 1. The molecule has 2 amide bonds. The molecule has 1 saturated heterocycles. The summed E-state index contributed by atoms with van der Waals surface area (Å²) < 4.78 is 0. The SMILES string of the molecule is O=C(/C=C/c1cccnc1)NC(Cc1ccccc1)C(=O)N1CCCC1. The van der Waals surface area contributed by atoms with Crippen molar-refractivity contribution in [2.45, 2.75) is 25.3 Å². The molecule has 0 saturated carbocycles. The first kappa shape index (κ1) is 17.9. The average Bonchev–Trinajstić information content (AvgIpc) is 3.22. The van der Waals surface area contributed by atoms with Crippen molar-refractivity contribution in [1.82, 2.24) is 15.2 Å². The van der Waals surface area contributed by atoms with Gasteiger partial charge in [-0.05, 0) is 36.1 Å². The maximum atomic E-state index is 12.8. The summed E-state index contributed by atoms with van der Waals surface area (Å²) in [6.45, 7) is 1.54. The zero-order valence-electron chi connectivity index (χ0n) is 14.7. The summed E-state index contributed by atoms with van der Waals surface area (Å²) in [5.74, 6) is -0.281. The Morgan fingerprint density at radius 1 is 1.12 bits per heavy atom. The van der Waals surface area contributed by atoms with Crippen molar-refractivity contribution in [3.05, 3.63) is 72.1 Å². The van der Waals surface area contributed by atoms with Gasteiger partial charge in [0.05, 0.1) is 0 Å². The van der Waals surface area contributed by atoms with E-state index in [9.17, 15) is 9.59 Å². The highest BCUT2D eigenvalue weighted by Gasteiger charge is 2.27. The number of nitrogens with one attached hydrogen (secondary N) is 1. The quantitative estimate of drug-likeness (QED) is 0.815. The zero-order valence-corrected chi connectivity index (χ0v) is 14.7. The molecule has 1 atom stereocenters. The van der Waals surface area contributed by atoms with Crippen molar-refractivity contribution in [2.75, 3.05) is 13.1 Å². The van der Waals surface area contributed by atoms with Crippen molar-refractivity contribution < 1.29 is 9.59 Å². The second-order valence-electron chi connectivity index (χ2n) is 6.40. The first-order valence-corrected chi connectivity index (χ1v) is 8.94. The third kappa shape index (κ3) is 5.02. The zero-order chi connectivity index (χ0) is 18.2. The lowest BCUT2D eigenvalue weighted by atomic mass is 10.0. The fourth-order valence-electron chi connectivity index (χ4n) is 3.07. The number of hydrogen-bond acceptors (Lipinski definition) is 3. The summed E-state index contributed by atoms with van der Waals surface area (Å²) in [6.07, 6.45) is 9.05. The lowest BCUT2D eigenvalue weighted by Crippen LogP contribution is -2.48. The Morgan fingerprint density at radius 2 is 1.88 bits per heavy atom. The minimum absolute atomic E-state index is 0.00511. The van der Waals surface area contributed by atoms with Gasteiger partial charge in [0.15, 0.2) is 0 Å². The smallest absolute Gasteiger partial charge is 0.245 e. The van der Waals surface area contributed by atoms with Crippen molar-refractivity contribution in [3.63, 3.8) is 0 Å². The van der Waals surface area contributed by atoms with E-state index in [-0.39, 0.29) is 11.8 Å². The Balaban J connectivity index is 1.68. The van der Waals surface area contributed by atoms with Gasteiger partial charge in [0.1, 0.15) is 6.04 Å². The van der Waals surface area contributed by atoms with Crippen LogP contribution in [0.5, 0.6) is 0 Å². The number of amides is 2. The summed E-state index contributed by atoms with van der Waals surface area (Å²) >= 11 is 0. The monoisotopic (exact) mass is 349 g/mol. The van der Waals surface area contributed by atoms with E-state index in [1.165, 1.54) is 6.08 Å². The number of rotatable bonds is 6. The van der Waals surface area contributed by atoms with Gasteiger partial charge in [-0.1, -0.05) is 36.4 Å². The van der Waals surface area contributed by atoms with Crippen molar-refractivity contribution in [3.8, 4) is 0 Å². The van der Waals surface area contributed by atoms with Crippen molar-refractivity contribution >= 4 is 17.9 Å². The number of nitrogens with zero attached hydrogens (tertiary/aromatic N) is 2. The molecule has 1 fully saturated rings. The number of carbonyl (C=O) groups is 2. The van der Waals surface area contributed by atoms with Crippen LogP contribution in [0.25, 0.3) is 6.08 Å². The fourth-order valence-corrected chi connectivity index (χ4v) is 3.07. The van der Waals surface area contributed by atoms with Gasteiger partial charge in [0.25, 0.3) is 0 Å². The summed E-state index contributed by atoms with van der Waals surface area (Å²) in [7, 11) is 0. The predicted octanol–water partition coefficient (Wildman–Crippen LogP) is 2.44. The van der Waals surface area contributed by atoms with Crippen LogP contribution in [0.4, 0.5) is 0 Å². The minimum atomic E-state index is -0.554. The summed E-state index contributed by atoms with van der Waals surface area (Å²) in [5.41, 5.74) is 1.87. The van der Waals surface area contributed by atoms with Crippen LogP contribution < -0.4 is 5.32 Å². The molecule has 1 aromatic carbocycles. The van der Waals surface area contributed by atoms with Gasteiger partial charge in [0, 0.05) is 38.0 Å². The average molecular weight is 349 g/mol. The van der Waals surface area contributed by atoms with Crippen LogP contribution in [0.1, 0.15) is 24.0 Å². The highest BCUT2D eigenvalue weighted by atomic mass is 16.2. The number of carbonyl (C=O) groups excluding carboxylic acids is 2. The predicted molar refractivity (Wildman–Crippen MR) is 101 cm³/mol. The number of hydrogen-bond donors (Lipinski definition) is 1. The maximum absolute atomic E-state index is 12.8. The van der Waals surface area contributed by atoms with E-state index >= 15 is 0 Å². The Kier molecular flexibility index (Phi) is 6.14. The third-order valence-electron chi connectivity index (χ3n) is 4.43. The summed E-state index contributed by atoms with van der Waals surface area (Å²) in [5, 5.41) is 2.88. The lowest BCUT2D eigenvalue weighted by Gasteiger charge is -2.23. The third-order valence-corrected chi connectivity index (χ3v) is 4.43. The molecule has 2 heterocycles. The second kappa shape index (κ2) is 8.94. The largest absolute Gasteiger partial charge is 0.341 e. The van der Waals surface area contributed by atoms with Crippen LogP contribution in [0.15, 0.2) is 60.9 Å². The van der Waals surface area contributed by atoms with Gasteiger partial charge in [-0.25, -0.2) is 0 Å². The van der Waals surface area contributed by atoms with Crippen LogP contribution in [0, 0.1) is 0 Å². The van der Waals surface area contributed by atoms with Crippen LogP contribution in [0.2, 0.25) is 0 Å². The molecule has 0 aliphatic carbocycles. The molecular formula is C21H23N3O2. The van der Waals surface area contributed by atoms with Gasteiger partial charge in [-0.3, -0.25) is 14.6 Å². The van der Waals surface area contributed by atoms with Crippen LogP contribution in [-0.2, 0) is 16.0 Å². The molecule has 0 bridgehead atoms. The molecule has 5 nitrogen and oxygen atoms in total. The molecule has 1 aliphatic rings. The van der Waals surface area contributed by atoms with E-state index in [1.54, 1.807) is 18.5 Å². The van der Waals surface area contributed by atoms with Gasteiger partial charge in [-0.15, -0.1) is 0 Å². The molecule has 26 heavy (non-hydrogen) atoms. The van der Waals surface area contributed by atoms with E-state index in [0.717, 1.165) is 37.1 Å². The highest BCUT2D eigenvalue weighted by molar-refractivity contribution is 5.95. The molecule has 134 valence electrons. The minimum Gasteiger partial charge on any atom is -0.341 e. The maximum Gasteiger partial charge on any atom is 0.245 e. The van der Waals surface area contributed by atoms with E-state index < -0.39 is 6.04 Å². The number of benzene rings is 1. The van der Waals surface area contributed by atoms with E-state index in [2.05, 4.69) is 10.3 Å². The van der Waals surface area contributed by atoms with Crippen molar-refractivity contribution in [2.24, 2.45) is 0 Å². The second-order valence-corrected chi connectivity index (χ2v) is 6.40. The lowest BCUT2D eigenvalue weighted by molar-refractivity contribution is -0.134. The molecule has 1 aliphatic heterocycles. The molecule has 1 N–H and O–H groups in total. The number of pyridine rings is 1. The number of aromatic nitrogens is 1. The standard InChI is InChI=1S/C21H23N3O2/c25-20(11-10-18-9-6-12-22-16-18)23-19(15-17-7-2-1-3-8-17)21(26)24-13-4-5-14-24/h1-3,6-12,16,19H,4-5,13-15H2,(H,23,25)/b11-10+. The Bertz CT molecular complexity index is 753. The molecule has 0 spiro atoms. The van der Waals surface area contributed by atoms with Crippen LogP contribution in [-0.4, -0.2) is 40.8 Å². The fraction of sp³-hybridized carbons (Fsp3) is 0.286. The molecular weight excluding hydrogens is 326 g/mol. The highest BCUT2D eigenvalue weighted by Crippen LogP contribution is 2.12. The summed E-state index contributed by atoms with van der Waals surface area (Å²) in [6, 6.07) is 12.9. The normalized spacial score (nSPS) is 15.2. The Hall–Kier alpha value is -2.95. The first-order chi connectivity index (χ1) is 12.7.